The maximum atomic E-state index is 13.9. The summed E-state index contributed by atoms with van der Waals surface area (Å²) in [4.78, 5) is 28.0. The number of nitrogens with zero attached hydrogens (tertiary/aromatic N) is 2. The van der Waals surface area contributed by atoms with Gasteiger partial charge in [0.25, 0.3) is 0 Å². The van der Waals surface area contributed by atoms with Gasteiger partial charge in [-0.1, -0.05) is 70.0 Å². The highest BCUT2D eigenvalue weighted by Gasteiger charge is 2.58. The largest absolute Gasteiger partial charge is 0.346 e. The van der Waals surface area contributed by atoms with Crippen LogP contribution in [0.15, 0.2) is 83.3 Å². The van der Waals surface area contributed by atoms with Crippen molar-refractivity contribution in [3.63, 3.8) is 0 Å². The van der Waals surface area contributed by atoms with E-state index in [2.05, 4.69) is 15.9 Å². The van der Waals surface area contributed by atoms with Crippen LogP contribution in [0.2, 0.25) is 5.02 Å². The summed E-state index contributed by atoms with van der Waals surface area (Å²) >= 11 is 9.47. The third-order valence-corrected chi connectivity index (χ3v) is 7.04. The Kier molecular flexibility index (Phi) is 5.35. The van der Waals surface area contributed by atoms with E-state index in [0.29, 0.717) is 10.6 Å². The molecule has 5 nitrogen and oxygen atoms in total. The minimum Gasteiger partial charge on any atom is -0.346 e. The number of fused-ring (bicyclic) bond motifs is 3. The fraction of sp³-hybridized carbons (Fsp3) is 0.160. The predicted octanol–water partition coefficient (Wildman–Crippen LogP) is 6.00. The molecule has 0 bridgehead atoms. The molecule has 3 aromatic rings. The van der Waals surface area contributed by atoms with Crippen molar-refractivity contribution in [1.82, 2.24) is 0 Å². The van der Waals surface area contributed by atoms with Crippen molar-refractivity contribution in [2.24, 2.45) is 0 Å². The maximum Gasteiger partial charge on any atom is 0.245 e. The number of Topliss-reactive ketones (excluding diaryl/α,β-unsaturated/α-hetero) is 1. The molecule has 2 aliphatic heterocycles. The molecule has 160 valence electrons. The van der Waals surface area contributed by atoms with Crippen LogP contribution in [-0.4, -0.2) is 28.8 Å². The zero-order chi connectivity index (χ0) is 22.4. The number of benzene rings is 3. The maximum absolute atomic E-state index is 13.9. The standard InChI is InChI=1S/C25H18BrClN2O3/c26-18-10-5-16(6-11-18)22-23(29(31)32)21-14-9-15-3-1-2-4-20(15)28(21)24(22)25(30)17-7-12-19(27)13-8-17/h1-14,21-24H. The summed E-state index contributed by atoms with van der Waals surface area (Å²) in [5, 5.41) is 12.9. The van der Waals surface area contributed by atoms with Crippen molar-refractivity contribution < 1.29 is 9.72 Å². The number of para-hydroxylation sites is 1. The first-order valence-corrected chi connectivity index (χ1v) is 11.4. The molecule has 0 amide bonds. The van der Waals surface area contributed by atoms with Crippen molar-refractivity contribution in [2.45, 2.75) is 24.0 Å². The van der Waals surface area contributed by atoms with E-state index in [9.17, 15) is 14.9 Å². The van der Waals surface area contributed by atoms with E-state index in [-0.39, 0.29) is 10.7 Å². The van der Waals surface area contributed by atoms with Gasteiger partial charge in [-0.15, -0.1) is 0 Å². The average molecular weight is 510 g/mol. The van der Waals surface area contributed by atoms with E-state index >= 15 is 0 Å². The molecule has 2 heterocycles. The van der Waals surface area contributed by atoms with Gasteiger partial charge in [0.05, 0.1) is 5.92 Å². The Morgan fingerprint density at radius 2 is 1.69 bits per heavy atom. The Labute approximate surface area is 198 Å². The number of anilines is 1. The molecular weight excluding hydrogens is 492 g/mol. The molecule has 2 aliphatic rings. The van der Waals surface area contributed by atoms with Crippen LogP contribution in [0.5, 0.6) is 0 Å². The molecule has 3 aromatic carbocycles. The molecule has 7 heteroatoms. The fourth-order valence-corrected chi connectivity index (χ4v) is 5.29. The minimum absolute atomic E-state index is 0.158. The van der Waals surface area contributed by atoms with E-state index in [1.807, 2.05) is 65.6 Å². The lowest BCUT2D eigenvalue weighted by Gasteiger charge is -2.34. The van der Waals surface area contributed by atoms with Crippen LogP contribution in [0.25, 0.3) is 6.08 Å². The summed E-state index contributed by atoms with van der Waals surface area (Å²) in [5.41, 5.74) is 3.02. The second kappa shape index (κ2) is 8.19. The molecule has 4 unspecified atom stereocenters. The number of nitro groups is 1. The molecule has 32 heavy (non-hydrogen) atoms. The van der Waals surface area contributed by atoms with Crippen LogP contribution in [0.4, 0.5) is 5.69 Å². The summed E-state index contributed by atoms with van der Waals surface area (Å²) in [7, 11) is 0. The number of hydrogen-bond acceptors (Lipinski definition) is 4. The zero-order valence-corrected chi connectivity index (χ0v) is 19.1. The van der Waals surface area contributed by atoms with Gasteiger partial charge in [0.1, 0.15) is 12.1 Å². The van der Waals surface area contributed by atoms with E-state index in [1.54, 1.807) is 24.3 Å². The van der Waals surface area contributed by atoms with Gasteiger partial charge >= 0.3 is 0 Å². The SMILES string of the molecule is O=C(c1ccc(Cl)cc1)C1C(c2ccc(Br)cc2)C([N+](=O)[O-])C2C=Cc3ccccc3N21. The molecule has 0 radical (unpaired) electrons. The van der Waals surface area contributed by atoms with Gasteiger partial charge in [0.15, 0.2) is 5.78 Å². The highest BCUT2D eigenvalue weighted by molar-refractivity contribution is 9.10. The number of rotatable bonds is 4. The van der Waals surface area contributed by atoms with Crippen molar-refractivity contribution in [3.8, 4) is 0 Å². The van der Waals surface area contributed by atoms with Gasteiger partial charge < -0.3 is 4.90 Å². The van der Waals surface area contributed by atoms with Crippen LogP contribution in [0.1, 0.15) is 27.4 Å². The summed E-state index contributed by atoms with van der Waals surface area (Å²) in [6.07, 6.45) is 3.78. The Morgan fingerprint density at radius 1 is 1.00 bits per heavy atom. The smallest absolute Gasteiger partial charge is 0.245 e. The normalized spacial score (nSPS) is 23.5. The Morgan fingerprint density at radius 3 is 2.38 bits per heavy atom. The number of hydrogen-bond donors (Lipinski definition) is 0. The van der Waals surface area contributed by atoms with Crippen molar-refractivity contribution in [3.05, 3.63) is 115 Å². The summed E-state index contributed by atoms with van der Waals surface area (Å²) in [5.74, 6) is -0.781. The van der Waals surface area contributed by atoms with Crippen LogP contribution < -0.4 is 4.90 Å². The molecule has 0 N–H and O–H groups in total. The highest BCUT2D eigenvalue weighted by Crippen LogP contribution is 2.47. The molecule has 1 saturated heterocycles. The molecule has 0 spiro atoms. The van der Waals surface area contributed by atoms with Gasteiger partial charge in [0.2, 0.25) is 6.04 Å². The van der Waals surface area contributed by atoms with Gasteiger partial charge in [-0.25, -0.2) is 0 Å². The molecule has 4 atom stereocenters. The lowest BCUT2D eigenvalue weighted by atomic mass is 9.84. The van der Waals surface area contributed by atoms with Crippen molar-refractivity contribution in [2.75, 3.05) is 4.90 Å². The molecule has 5 rings (SSSR count). The topological polar surface area (TPSA) is 63.4 Å². The van der Waals surface area contributed by atoms with E-state index in [0.717, 1.165) is 21.3 Å². The summed E-state index contributed by atoms with van der Waals surface area (Å²) < 4.78 is 0.875. The first kappa shape index (κ1) is 20.9. The molecular formula is C25H18BrClN2O3. The average Bonchev–Trinajstić information content (AvgIpc) is 3.15. The first-order chi connectivity index (χ1) is 15.5. The second-order valence-corrected chi connectivity index (χ2v) is 9.34. The van der Waals surface area contributed by atoms with Crippen LogP contribution in [0, 0.1) is 10.1 Å². The lowest BCUT2D eigenvalue weighted by molar-refractivity contribution is -0.524. The predicted molar refractivity (Wildman–Crippen MR) is 129 cm³/mol. The third-order valence-electron chi connectivity index (χ3n) is 6.26. The number of carbonyl (C=O) groups is 1. The van der Waals surface area contributed by atoms with E-state index in [1.165, 1.54) is 0 Å². The molecule has 1 fully saturated rings. The lowest BCUT2D eigenvalue weighted by Crippen LogP contribution is -2.44. The Balaban J connectivity index is 1.71. The third kappa shape index (κ3) is 3.44. The quantitative estimate of drug-likeness (QED) is 0.246. The minimum atomic E-state index is -0.970. The van der Waals surface area contributed by atoms with E-state index in [4.69, 9.17) is 11.6 Å². The molecule has 0 aromatic heterocycles. The van der Waals surface area contributed by atoms with Gasteiger partial charge in [-0.2, -0.15) is 0 Å². The number of ketones is 1. The zero-order valence-electron chi connectivity index (χ0n) is 16.8. The molecule has 0 aliphatic carbocycles. The van der Waals surface area contributed by atoms with Crippen LogP contribution in [0.3, 0.4) is 0 Å². The van der Waals surface area contributed by atoms with Gasteiger partial charge in [-0.3, -0.25) is 14.9 Å². The highest BCUT2D eigenvalue weighted by atomic mass is 79.9. The van der Waals surface area contributed by atoms with Crippen LogP contribution in [-0.2, 0) is 0 Å². The monoisotopic (exact) mass is 508 g/mol. The first-order valence-electron chi connectivity index (χ1n) is 10.2. The Bertz CT molecular complexity index is 1230. The summed E-state index contributed by atoms with van der Waals surface area (Å²) in [6, 6.07) is 19.6. The number of halogens is 2. The molecule has 0 saturated carbocycles. The van der Waals surface area contributed by atoms with Gasteiger partial charge in [-0.05, 0) is 53.6 Å². The van der Waals surface area contributed by atoms with E-state index < -0.39 is 24.0 Å². The second-order valence-electron chi connectivity index (χ2n) is 7.99. The Hall–Kier alpha value is -2.96. The fourth-order valence-electron chi connectivity index (χ4n) is 4.90. The van der Waals surface area contributed by atoms with Gasteiger partial charge in [0, 0.05) is 25.7 Å². The van der Waals surface area contributed by atoms with Crippen molar-refractivity contribution >= 4 is 45.1 Å². The summed E-state index contributed by atoms with van der Waals surface area (Å²) in [6.45, 7) is 0. The van der Waals surface area contributed by atoms with Crippen LogP contribution >= 0.6 is 27.5 Å². The van der Waals surface area contributed by atoms with Crippen molar-refractivity contribution in [1.29, 1.82) is 0 Å². The number of carbonyl (C=O) groups excluding carboxylic acids is 1.